The lowest BCUT2D eigenvalue weighted by molar-refractivity contribution is -0.117. The zero-order valence-corrected chi connectivity index (χ0v) is 15.7. The van der Waals surface area contributed by atoms with Crippen molar-refractivity contribution in [3.05, 3.63) is 48.5 Å². The molecule has 7 nitrogen and oxygen atoms in total. The van der Waals surface area contributed by atoms with E-state index in [4.69, 9.17) is 9.47 Å². The maximum Gasteiger partial charge on any atom is 0.242 e. The van der Waals surface area contributed by atoms with Gasteiger partial charge in [0.05, 0.1) is 24.7 Å². The van der Waals surface area contributed by atoms with Crippen LogP contribution in [0.3, 0.4) is 0 Å². The molecule has 1 atom stereocenters. The number of amides is 1. The van der Waals surface area contributed by atoms with Gasteiger partial charge in [-0.15, -0.1) is 0 Å². The van der Waals surface area contributed by atoms with E-state index in [9.17, 15) is 13.2 Å². The number of carbonyl (C=O) groups is 1. The second kappa shape index (κ2) is 8.68. The molecule has 0 radical (unpaired) electrons. The first kappa shape index (κ1) is 19.7. The summed E-state index contributed by atoms with van der Waals surface area (Å²) in [4.78, 5) is 12.3. The average Bonchev–Trinajstić information content (AvgIpc) is 2.62. The van der Waals surface area contributed by atoms with Crippen LogP contribution in [-0.2, 0) is 14.8 Å². The van der Waals surface area contributed by atoms with E-state index < -0.39 is 22.0 Å². The highest BCUT2D eigenvalue weighted by molar-refractivity contribution is 7.89. The van der Waals surface area contributed by atoms with Crippen molar-refractivity contribution in [3.8, 4) is 11.5 Å². The van der Waals surface area contributed by atoms with Crippen molar-refractivity contribution >= 4 is 21.6 Å². The molecule has 0 aliphatic carbocycles. The molecular formula is C18H22N2O5S. The monoisotopic (exact) mass is 378 g/mol. The minimum Gasteiger partial charge on any atom is -0.497 e. The molecule has 0 aliphatic rings. The van der Waals surface area contributed by atoms with Crippen LogP contribution in [0.5, 0.6) is 11.5 Å². The lowest BCUT2D eigenvalue weighted by atomic mass is 10.2. The Labute approximate surface area is 153 Å². The normalized spacial score (nSPS) is 12.3. The van der Waals surface area contributed by atoms with Crippen molar-refractivity contribution in [2.24, 2.45) is 0 Å². The van der Waals surface area contributed by atoms with Gasteiger partial charge in [-0.3, -0.25) is 4.79 Å². The van der Waals surface area contributed by atoms with Gasteiger partial charge in [0.25, 0.3) is 0 Å². The Morgan fingerprint density at radius 3 is 2.42 bits per heavy atom. The summed E-state index contributed by atoms with van der Waals surface area (Å²) in [5, 5.41) is 2.65. The standard InChI is InChI=1S/C18H22N2O5S/c1-4-25-15-8-10-17(11-9-15)26(22,23)20-13(2)18(21)19-14-6-5-7-16(12-14)24-3/h5-13,20H,4H2,1-3H3,(H,19,21)/t13-/m1/s1. The third-order valence-electron chi connectivity index (χ3n) is 3.51. The molecule has 0 bridgehead atoms. The number of carbonyl (C=O) groups excluding carboxylic acids is 1. The lowest BCUT2D eigenvalue weighted by Gasteiger charge is -2.15. The highest BCUT2D eigenvalue weighted by atomic mass is 32.2. The molecular weight excluding hydrogens is 356 g/mol. The smallest absolute Gasteiger partial charge is 0.242 e. The molecule has 1 amide bonds. The van der Waals surface area contributed by atoms with Gasteiger partial charge >= 0.3 is 0 Å². The van der Waals surface area contributed by atoms with E-state index in [-0.39, 0.29) is 4.90 Å². The molecule has 2 aromatic carbocycles. The molecule has 2 aromatic rings. The average molecular weight is 378 g/mol. The fourth-order valence-corrected chi connectivity index (χ4v) is 3.39. The van der Waals surface area contributed by atoms with Crippen molar-refractivity contribution in [1.29, 1.82) is 0 Å². The van der Waals surface area contributed by atoms with Crippen LogP contribution in [0, 0.1) is 0 Å². The second-order valence-corrected chi connectivity index (χ2v) is 7.18. The van der Waals surface area contributed by atoms with Crippen molar-refractivity contribution in [2.45, 2.75) is 24.8 Å². The predicted molar refractivity (Wildman–Crippen MR) is 99.0 cm³/mol. The summed E-state index contributed by atoms with van der Waals surface area (Å²) in [7, 11) is -2.31. The van der Waals surface area contributed by atoms with Gasteiger partial charge < -0.3 is 14.8 Å². The summed E-state index contributed by atoms with van der Waals surface area (Å²) in [5.74, 6) is 0.688. The maximum absolute atomic E-state index is 12.4. The summed E-state index contributed by atoms with van der Waals surface area (Å²) < 4.78 is 37.6. The van der Waals surface area contributed by atoms with Gasteiger partial charge in [-0.25, -0.2) is 8.42 Å². The number of methoxy groups -OCH3 is 1. The van der Waals surface area contributed by atoms with E-state index in [1.165, 1.54) is 26.2 Å². The number of hydrogen-bond donors (Lipinski definition) is 2. The van der Waals surface area contributed by atoms with Crippen LogP contribution in [-0.4, -0.2) is 34.1 Å². The van der Waals surface area contributed by atoms with Gasteiger partial charge in [0.2, 0.25) is 15.9 Å². The number of nitrogens with one attached hydrogen (secondary N) is 2. The largest absolute Gasteiger partial charge is 0.497 e. The van der Waals surface area contributed by atoms with E-state index in [2.05, 4.69) is 10.0 Å². The summed E-state index contributed by atoms with van der Waals surface area (Å²) in [6.45, 7) is 3.81. The third-order valence-corrected chi connectivity index (χ3v) is 5.06. The van der Waals surface area contributed by atoms with Crippen LogP contribution >= 0.6 is 0 Å². The van der Waals surface area contributed by atoms with Crippen molar-refractivity contribution in [3.63, 3.8) is 0 Å². The third kappa shape index (κ3) is 5.21. The molecule has 8 heteroatoms. The summed E-state index contributed by atoms with van der Waals surface area (Å²) in [5.41, 5.74) is 0.515. The van der Waals surface area contributed by atoms with Gasteiger partial charge in [-0.05, 0) is 50.2 Å². The van der Waals surface area contributed by atoms with Crippen LogP contribution in [0.1, 0.15) is 13.8 Å². The van der Waals surface area contributed by atoms with Gasteiger partial charge in [0, 0.05) is 11.8 Å². The number of anilines is 1. The molecule has 2 N–H and O–H groups in total. The number of sulfonamides is 1. The summed E-state index contributed by atoms with van der Waals surface area (Å²) >= 11 is 0. The van der Waals surface area contributed by atoms with E-state index in [1.807, 2.05) is 6.92 Å². The van der Waals surface area contributed by atoms with E-state index in [0.717, 1.165) is 0 Å². The first-order valence-corrected chi connectivity index (χ1v) is 9.54. The molecule has 0 unspecified atom stereocenters. The fraction of sp³-hybridized carbons (Fsp3) is 0.278. The quantitative estimate of drug-likeness (QED) is 0.736. The molecule has 0 saturated heterocycles. The van der Waals surface area contributed by atoms with E-state index in [0.29, 0.717) is 23.8 Å². The van der Waals surface area contributed by atoms with Crippen molar-refractivity contribution in [2.75, 3.05) is 19.0 Å². The molecule has 0 saturated carbocycles. The van der Waals surface area contributed by atoms with Gasteiger partial charge in [0.15, 0.2) is 0 Å². The minimum absolute atomic E-state index is 0.0574. The Balaban J connectivity index is 2.04. The number of benzene rings is 2. The van der Waals surface area contributed by atoms with Gasteiger partial charge in [-0.1, -0.05) is 6.07 Å². The summed E-state index contributed by atoms with van der Waals surface area (Å²) in [6, 6.07) is 11.8. The Morgan fingerprint density at radius 2 is 1.81 bits per heavy atom. The topological polar surface area (TPSA) is 93.7 Å². The number of ether oxygens (including phenoxy) is 2. The fourth-order valence-electron chi connectivity index (χ4n) is 2.19. The Morgan fingerprint density at radius 1 is 1.12 bits per heavy atom. The molecule has 2 rings (SSSR count). The highest BCUT2D eigenvalue weighted by Crippen LogP contribution is 2.18. The maximum atomic E-state index is 12.4. The zero-order valence-electron chi connectivity index (χ0n) is 14.9. The van der Waals surface area contributed by atoms with Gasteiger partial charge in [-0.2, -0.15) is 4.72 Å². The first-order valence-electron chi connectivity index (χ1n) is 8.06. The van der Waals surface area contributed by atoms with Crippen LogP contribution < -0.4 is 19.5 Å². The Hall–Kier alpha value is -2.58. The molecule has 26 heavy (non-hydrogen) atoms. The molecule has 140 valence electrons. The van der Waals surface area contributed by atoms with Crippen LogP contribution in [0.15, 0.2) is 53.4 Å². The van der Waals surface area contributed by atoms with E-state index in [1.54, 1.807) is 36.4 Å². The SMILES string of the molecule is CCOc1ccc(S(=O)(=O)N[C@H](C)C(=O)Nc2cccc(OC)c2)cc1. The molecule has 0 spiro atoms. The lowest BCUT2D eigenvalue weighted by Crippen LogP contribution is -2.41. The zero-order chi connectivity index (χ0) is 19.2. The second-order valence-electron chi connectivity index (χ2n) is 5.47. The van der Waals surface area contributed by atoms with Crippen molar-refractivity contribution < 1.29 is 22.7 Å². The Kier molecular flexibility index (Phi) is 6.59. The molecule has 0 fully saturated rings. The number of hydrogen-bond acceptors (Lipinski definition) is 5. The summed E-state index contributed by atoms with van der Waals surface area (Å²) in [6.07, 6.45) is 0. The van der Waals surface area contributed by atoms with Crippen LogP contribution in [0.2, 0.25) is 0 Å². The highest BCUT2D eigenvalue weighted by Gasteiger charge is 2.22. The molecule has 0 heterocycles. The first-order chi connectivity index (χ1) is 12.4. The molecule has 0 aliphatic heterocycles. The van der Waals surface area contributed by atoms with Gasteiger partial charge in [0.1, 0.15) is 11.5 Å². The minimum atomic E-state index is -3.83. The van der Waals surface area contributed by atoms with E-state index >= 15 is 0 Å². The number of rotatable bonds is 8. The van der Waals surface area contributed by atoms with Crippen molar-refractivity contribution in [1.82, 2.24) is 4.72 Å². The van der Waals surface area contributed by atoms with Crippen LogP contribution in [0.4, 0.5) is 5.69 Å². The van der Waals surface area contributed by atoms with Crippen LogP contribution in [0.25, 0.3) is 0 Å². The Bertz CT molecular complexity index is 850. The predicted octanol–water partition coefficient (Wildman–Crippen LogP) is 2.40. The molecule has 0 aromatic heterocycles.